The SMILES string of the molecule is COC(OC)c1cc(OCc2ccccc2)c(C(=O)Oc2ccccc2)c(C)c1OC(C)C. The fraction of sp³-hybridized carbons (Fsp3) is 0.296. The molecule has 3 aromatic rings. The highest BCUT2D eigenvalue weighted by atomic mass is 16.7. The monoisotopic (exact) mass is 450 g/mol. The van der Waals surface area contributed by atoms with Gasteiger partial charge in [0, 0.05) is 19.8 Å². The summed E-state index contributed by atoms with van der Waals surface area (Å²) < 4.78 is 28.9. The molecule has 0 bridgehead atoms. The molecule has 0 spiro atoms. The van der Waals surface area contributed by atoms with E-state index in [9.17, 15) is 4.79 Å². The molecule has 33 heavy (non-hydrogen) atoms. The maximum atomic E-state index is 13.3. The molecule has 0 N–H and O–H groups in total. The Morgan fingerprint density at radius 2 is 1.52 bits per heavy atom. The van der Waals surface area contributed by atoms with Gasteiger partial charge in [0.25, 0.3) is 0 Å². The molecule has 6 heteroatoms. The summed E-state index contributed by atoms with van der Waals surface area (Å²) in [6.07, 6.45) is -0.832. The van der Waals surface area contributed by atoms with Crippen LogP contribution in [0.4, 0.5) is 0 Å². The molecule has 0 radical (unpaired) electrons. The van der Waals surface area contributed by atoms with E-state index in [1.54, 1.807) is 51.5 Å². The number of ether oxygens (including phenoxy) is 5. The first-order chi connectivity index (χ1) is 15.9. The Morgan fingerprint density at radius 1 is 0.909 bits per heavy atom. The highest BCUT2D eigenvalue weighted by Crippen LogP contribution is 2.40. The van der Waals surface area contributed by atoms with E-state index in [0.717, 1.165) is 5.56 Å². The van der Waals surface area contributed by atoms with Gasteiger partial charge in [0.15, 0.2) is 6.29 Å². The molecule has 0 aromatic heterocycles. The predicted molar refractivity (Wildman–Crippen MR) is 126 cm³/mol. The normalized spacial score (nSPS) is 11.0. The lowest BCUT2D eigenvalue weighted by molar-refractivity contribution is -0.107. The third-order valence-corrected chi connectivity index (χ3v) is 4.94. The zero-order valence-corrected chi connectivity index (χ0v) is 19.7. The number of esters is 1. The standard InChI is InChI=1S/C27H30O6/c1-18(2)32-25-19(3)24(26(28)33-21-14-10-7-11-15-21)23(16-22(25)27(29-4)30-5)31-17-20-12-8-6-9-13-20/h6-16,18,27H,17H2,1-5H3. The van der Waals surface area contributed by atoms with Crippen molar-refractivity contribution in [2.45, 2.75) is 39.8 Å². The second kappa shape index (κ2) is 11.5. The highest BCUT2D eigenvalue weighted by molar-refractivity contribution is 5.96. The fourth-order valence-electron chi connectivity index (χ4n) is 3.46. The number of para-hydroxylation sites is 1. The Kier molecular flexibility index (Phi) is 8.46. The number of carbonyl (C=O) groups is 1. The van der Waals surface area contributed by atoms with Gasteiger partial charge in [0.1, 0.15) is 29.4 Å². The van der Waals surface area contributed by atoms with E-state index >= 15 is 0 Å². The first kappa shape index (κ1) is 24.3. The van der Waals surface area contributed by atoms with Crippen LogP contribution in [-0.2, 0) is 16.1 Å². The minimum atomic E-state index is -0.698. The summed E-state index contributed by atoms with van der Waals surface area (Å²) in [5.41, 5.74) is 2.48. The Labute approximate surface area is 195 Å². The topological polar surface area (TPSA) is 63.2 Å². The van der Waals surface area contributed by atoms with Crippen LogP contribution in [0.1, 0.15) is 47.2 Å². The van der Waals surface area contributed by atoms with Crippen LogP contribution < -0.4 is 14.2 Å². The number of hydrogen-bond acceptors (Lipinski definition) is 6. The predicted octanol–water partition coefficient (Wildman–Crippen LogP) is 5.87. The molecule has 0 aliphatic heterocycles. The smallest absolute Gasteiger partial charge is 0.347 e. The fourth-order valence-corrected chi connectivity index (χ4v) is 3.46. The average Bonchev–Trinajstić information content (AvgIpc) is 2.81. The van der Waals surface area contributed by atoms with Gasteiger partial charge < -0.3 is 23.7 Å². The van der Waals surface area contributed by atoms with E-state index < -0.39 is 12.3 Å². The quantitative estimate of drug-likeness (QED) is 0.219. The molecule has 0 aliphatic rings. The molecule has 0 unspecified atom stereocenters. The van der Waals surface area contributed by atoms with Crippen molar-refractivity contribution in [1.29, 1.82) is 0 Å². The molecule has 0 aliphatic carbocycles. The van der Waals surface area contributed by atoms with Crippen molar-refractivity contribution < 1.29 is 28.5 Å². The summed E-state index contributed by atoms with van der Waals surface area (Å²) in [5, 5.41) is 0. The van der Waals surface area contributed by atoms with E-state index in [0.29, 0.717) is 33.9 Å². The van der Waals surface area contributed by atoms with Gasteiger partial charge >= 0.3 is 5.97 Å². The van der Waals surface area contributed by atoms with Crippen molar-refractivity contribution in [1.82, 2.24) is 0 Å². The molecule has 0 amide bonds. The molecular weight excluding hydrogens is 420 g/mol. The maximum Gasteiger partial charge on any atom is 0.347 e. The summed E-state index contributed by atoms with van der Waals surface area (Å²) in [5.74, 6) is 0.777. The summed E-state index contributed by atoms with van der Waals surface area (Å²) in [6.45, 7) is 5.92. The van der Waals surface area contributed by atoms with Crippen molar-refractivity contribution in [3.05, 3.63) is 89.0 Å². The molecule has 174 valence electrons. The summed E-state index contributed by atoms with van der Waals surface area (Å²) in [7, 11) is 3.09. The van der Waals surface area contributed by atoms with Crippen molar-refractivity contribution in [3.63, 3.8) is 0 Å². The first-order valence-electron chi connectivity index (χ1n) is 10.8. The van der Waals surface area contributed by atoms with Crippen LogP contribution in [-0.4, -0.2) is 26.3 Å². The van der Waals surface area contributed by atoms with E-state index in [-0.39, 0.29) is 12.7 Å². The van der Waals surface area contributed by atoms with Gasteiger partial charge in [-0.15, -0.1) is 0 Å². The van der Waals surface area contributed by atoms with Gasteiger partial charge in [-0.1, -0.05) is 48.5 Å². The molecule has 0 saturated carbocycles. The van der Waals surface area contributed by atoms with E-state index in [1.807, 2.05) is 50.2 Å². The minimum absolute atomic E-state index is 0.133. The zero-order chi connectivity index (χ0) is 23.8. The first-order valence-corrected chi connectivity index (χ1v) is 10.8. The van der Waals surface area contributed by atoms with Crippen molar-refractivity contribution in [2.24, 2.45) is 0 Å². The van der Waals surface area contributed by atoms with Gasteiger partial charge in [0.2, 0.25) is 0 Å². The second-order valence-corrected chi connectivity index (χ2v) is 7.74. The Bertz CT molecular complexity index is 1040. The Morgan fingerprint density at radius 3 is 2.09 bits per heavy atom. The van der Waals surface area contributed by atoms with Crippen molar-refractivity contribution >= 4 is 5.97 Å². The Hall–Kier alpha value is -3.35. The molecular formula is C27H30O6. The largest absolute Gasteiger partial charge is 0.490 e. The number of hydrogen-bond donors (Lipinski definition) is 0. The van der Waals surface area contributed by atoms with E-state index in [1.165, 1.54) is 0 Å². The van der Waals surface area contributed by atoms with E-state index in [2.05, 4.69) is 0 Å². The molecule has 0 fully saturated rings. The van der Waals surface area contributed by atoms with Crippen molar-refractivity contribution in [2.75, 3.05) is 14.2 Å². The van der Waals surface area contributed by atoms with Crippen LogP contribution in [0.2, 0.25) is 0 Å². The summed E-state index contributed by atoms with van der Waals surface area (Å²) in [4.78, 5) is 13.3. The van der Waals surface area contributed by atoms with E-state index in [4.69, 9.17) is 23.7 Å². The molecule has 0 atom stereocenters. The lowest BCUT2D eigenvalue weighted by Gasteiger charge is -2.24. The molecule has 6 nitrogen and oxygen atoms in total. The second-order valence-electron chi connectivity index (χ2n) is 7.74. The van der Waals surface area contributed by atoms with Gasteiger partial charge in [-0.2, -0.15) is 0 Å². The molecule has 3 rings (SSSR count). The summed E-state index contributed by atoms with van der Waals surface area (Å²) in [6, 6.07) is 20.4. The van der Waals surface area contributed by atoms with Crippen LogP contribution in [0, 0.1) is 6.92 Å². The van der Waals surface area contributed by atoms with Gasteiger partial charge in [-0.05, 0) is 44.5 Å². The molecule has 3 aromatic carbocycles. The molecule has 0 heterocycles. The summed E-state index contributed by atoms with van der Waals surface area (Å²) >= 11 is 0. The van der Waals surface area contributed by atoms with Crippen LogP contribution >= 0.6 is 0 Å². The average molecular weight is 451 g/mol. The van der Waals surface area contributed by atoms with Crippen LogP contribution in [0.25, 0.3) is 0 Å². The van der Waals surface area contributed by atoms with Gasteiger partial charge in [-0.3, -0.25) is 0 Å². The molecule has 0 saturated heterocycles. The minimum Gasteiger partial charge on any atom is -0.490 e. The Balaban J connectivity index is 2.10. The number of benzene rings is 3. The zero-order valence-electron chi connectivity index (χ0n) is 19.7. The third kappa shape index (κ3) is 6.12. The van der Waals surface area contributed by atoms with Crippen molar-refractivity contribution in [3.8, 4) is 17.2 Å². The van der Waals surface area contributed by atoms with Crippen LogP contribution in [0.3, 0.4) is 0 Å². The number of methoxy groups -OCH3 is 2. The lowest BCUT2D eigenvalue weighted by atomic mass is 10.0. The maximum absolute atomic E-state index is 13.3. The van der Waals surface area contributed by atoms with Gasteiger partial charge in [0.05, 0.1) is 11.7 Å². The van der Waals surface area contributed by atoms with Gasteiger partial charge in [-0.25, -0.2) is 4.79 Å². The van der Waals surface area contributed by atoms with Crippen LogP contribution in [0.15, 0.2) is 66.7 Å². The number of carbonyl (C=O) groups excluding carboxylic acids is 1. The lowest BCUT2D eigenvalue weighted by Crippen LogP contribution is -2.18. The van der Waals surface area contributed by atoms with Crippen LogP contribution in [0.5, 0.6) is 17.2 Å². The highest BCUT2D eigenvalue weighted by Gasteiger charge is 2.28. The number of rotatable bonds is 10. The third-order valence-electron chi connectivity index (χ3n) is 4.94.